The van der Waals surface area contributed by atoms with Crippen molar-refractivity contribution in [3.8, 4) is 11.1 Å². The summed E-state index contributed by atoms with van der Waals surface area (Å²) in [5.41, 5.74) is 4.44. The SMILES string of the molecule is COC(=O)c1cccc(COC2CCN(c3ccc(NC(=O)c4oc5ccc(-c6ccccc6F)cc5c4C)cn3)CC2)c1. The van der Waals surface area contributed by atoms with E-state index in [1.165, 1.54) is 13.2 Å². The van der Waals surface area contributed by atoms with E-state index in [1.54, 1.807) is 48.7 Å². The second kappa shape index (κ2) is 12.7. The molecule has 3 heterocycles. The minimum Gasteiger partial charge on any atom is -0.465 e. The highest BCUT2D eigenvalue weighted by Crippen LogP contribution is 2.32. The van der Waals surface area contributed by atoms with Gasteiger partial charge in [0.15, 0.2) is 5.76 Å². The molecule has 2 aromatic heterocycles. The van der Waals surface area contributed by atoms with Gasteiger partial charge in [0, 0.05) is 29.6 Å². The van der Waals surface area contributed by atoms with Gasteiger partial charge in [-0.2, -0.15) is 0 Å². The number of esters is 1. The Hall–Kier alpha value is -5.02. The fraction of sp³-hybridized carbons (Fsp3) is 0.229. The van der Waals surface area contributed by atoms with Crippen LogP contribution in [0.4, 0.5) is 15.9 Å². The normalized spacial score (nSPS) is 13.7. The fourth-order valence-corrected chi connectivity index (χ4v) is 5.51. The fourth-order valence-electron chi connectivity index (χ4n) is 5.51. The average molecular weight is 594 g/mol. The van der Waals surface area contributed by atoms with Crippen molar-refractivity contribution in [1.82, 2.24) is 4.98 Å². The van der Waals surface area contributed by atoms with Gasteiger partial charge in [-0.3, -0.25) is 4.79 Å². The van der Waals surface area contributed by atoms with Crippen molar-refractivity contribution < 1.29 is 27.9 Å². The van der Waals surface area contributed by atoms with Crippen LogP contribution in [-0.2, 0) is 16.1 Å². The molecule has 9 heteroatoms. The summed E-state index contributed by atoms with van der Waals surface area (Å²) in [6.07, 6.45) is 3.45. The molecule has 0 aliphatic carbocycles. The molecule has 0 unspecified atom stereocenters. The molecular weight excluding hydrogens is 561 g/mol. The number of carbonyl (C=O) groups excluding carboxylic acids is 2. The van der Waals surface area contributed by atoms with Gasteiger partial charge < -0.3 is 24.1 Å². The molecule has 0 bridgehead atoms. The second-order valence-corrected chi connectivity index (χ2v) is 10.8. The number of ether oxygens (including phenoxy) is 2. The smallest absolute Gasteiger partial charge is 0.337 e. The number of nitrogens with zero attached hydrogens (tertiary/aromatic N) is 2. The van der Waals surface area contributed by atoms with Crippen LogP contribution in [0.1, 0.15) is 44.9 Å². The third kappa shape index (κ3) is 6.18. The number of hydrogen-bond acceptors (Lipinski definition) is 7. The summed E-state index contributed by atoms with van der Waals surface area (Å²) in [7, 11) is 1.37. The summed E-state index contributed by atoms with van der Waals surface area (Å²) in [5.74, 6) is -0.0174. The molecule has 0 spiro atoms. The van der Waals surface area contributed by atoms with Crippen LogP contribution in [0.3, 0.4) is 0 Å². The maximum absolute atomic E-state index is 14.3. The van der Waals surface area contributed by atoms with Gasteiger partial charge in [0.2, 0.25) is 0 Å². The molecule has 1 saturated heterocycles. The van der Waals surface area contributed by atoms with E-state index in [0.29, 0.717) is 40.1 Å². The quantitative estimate of drug-likeness (QED) is 0.191. The predicted molar refractivity (Wildman–Crippen MR) is 166 cm³/mol. The molecule has 5 aromatic rings. The first-order chi connectivity index (χ1) is 21.4. The van der Waals surface area contributed by atoms with E-state index >= 15 is 0 Å². The van der Waals surface area contributed by atoms with Crippen LogP contribution in [-0.4, -0.2) is 43.2 Å². The number of fused-ring (bicyclic) bond motifs is 1. The van der Waals surface area contributed by atoms with E-state index in [2.05, 4.69) is 15.2 Å². The van der Waals surface area contributed by atoms with Gasteiger partial charge >= 0.3 is 5.97 Å². The standard InChI is InChI=1S/C35H32FN3O5/c1-22-29-19-24(28-8-3-4-9-30(28)36)10-12-31(29)44-33(22)34(40)38-26-11-13-32(37-20-26)39-16-14-27(15-17-39)43-21-23-6-5-7-25(18-23)35(41)42-2/h3-13,18-20,27H,14-17,21H2,1-2H3,(H,38,40). The summed E-state index contributed by atoms with van der Waals surface area (Å²) >= 11 is 0. The molecule has 224 valence electrons. The van der Waals surface area contributed by atoms with Gasteiger partial charge in [-0.25, -0.2) is 14.2 Å². The van der Waals surface area contributed by atoms with Crippen molar-refractivity contribution in [1.29, 1.82) is 0 Å². The Balaban J connectivity index is 1.04. The number of halogens is 1. The molecule has 1 N–H and O–H groups in total. The van der Waals surface area contributed by atoms with Crippen LogP contribution in [0.25, 0.3) is 22.1 Å². The zero-order valence-corrected chi connectivity index (χ0v) is 24.5. The topological polar surface area (TPSA) is 93.9 Å². The molecular formula is C35H32FN3O5. The molecule has 6 rings (SSSR count). The van der Waals surface area contributed by atoms with Crippen molar-refractivity contribution in [2.75, 3.05) is 30.4 Å². The molecule has 8 nitrogen and oxygen atoms in total. The lowest BCUT2D eigenvalue weighted by Crippen LogP contribution is -2.37. The summed E-state index contributed by atoms with van der Waals surface area (Å²) in [6.45, 7) is 3.83. The summed E-state index contributed by atoms with van der Waals surface area (Å²) in [4.78, 5) is 31.7. The molecule has 1 fully saturated rings. The summed E-state index contributed by atoms with van der Waals surface area (Å²) in [6, 6.07) is 23.0. The number of hydrogen-bond donors (Lipinski definition) is 1. The Kier molecular flexibility index (Phi) is 8.38. The van der Waals surface area contributed by atoms with Gasteiger partial charge in [0.05, 0.1) is 37.3 Å². The number of aryl methyl sites for hydroxylation is 1. The number of furan rings is 1. The average Bonchev–Trinajstić information content (AvgIpc) is 3.40. The predicted octanol–water partition coefficient (Wildman–Crippen LogP) is 7.17. The molecule has 1 aliphatic rings. The third-order valence-electron chi connectivity index (χ3n) is 7.93. The van der Waals surface area contributed by atoms with Crippen LogP contribution < -0.4 is 10.2 Å². The first kappa shape index (κ1) is 29.1. The zero-order valence-electron chi connectivity index (χ0n) is 24.5. The number of pyridine rings is 1. The summed E-state index contributed by atoms with van der Waals surface area (Å²) < 4.78 is 31.1. The number of rotatable bonds is 8. The highest BCUT2D eigenvalue weighted by Gasteiger charge is 2.22. The van der Waals surface area contributed by atoms with Crippen LogP contribution in [0.5, 0.6) is 0 Å². The van der Waals surface area contributed by atoms with Crippen LogP contribution in [0, 0.1) is 12.7 Å². The molecule has 1 aliphatic heterocycles. The van der Waals surface area contributed by atoms with Crippen molar-refractivity contribution >= 4 is 34.4 Å². The zero-order chi connectivity index (χ0) is 30.6. The van der Waals surface area contributed by atoms with Gasteiger partial charge in [-0.1, -0.05) is 36.4 Å². The highest BCUT2D eigenvalue weighted by atomic mass is 19.1. The molecule has 0 atom stereocenters. The minimum absolute atomic E-state index is 0.112. The lowest BCUT2D eigenvalue weighted by atomic mass is 10.0. The number of anilines is 2. The van der Waals surface area contributed by atoms with Crippen molar-refractivity contribution in [3.63, 3.8) is 0 Å². The summed E-state index contributed by atoms with van der Waals surface area (Å²) in [5, 5.41) is 3.63. The largest absolute Gasteiger partial charge is 0.465 e. The molecule has 44 heavy (non-hydrogen) atoms. The lowest BCUT2D eigenvalue weighted by Gasteiger charge is -2.32. The van der Waals surface area contributed by atoms with Gasteiger partial charge in [0.1, 0.15) is 17.2 Å². The Morgan fingerprint density at radius 3 is 2.59 bits per heavy atom. The first-order valence-electron chi connectivity index (χ1n) is 14.5. The first-order valence-corrected chi connectivity index (χ1v) is 14.5. The third-order valence-corrected chi connectivity index (χ3v) is 7.93. The number of piperidine rings is 1. The molecule has 0 radical (unpaired) electrons. The Morgan fingerprint density at radius 1 is 1.02 bits per heavy atom. The second-order valence-electron chi connectivity index (χ2n) is 10.8. The lowest BCUT2D eigenvalue weighted by molar-refractivity contribution is 0.0250. The Bertz CT molecular complexity index is 1810. The van der Waals surface area contributed by atoms with Crippen LogP contribution >= 0.6 is 0 Å². The molecule has 0 saturated carbocycles. The Labute approximate surface area is 254 Å². The number of nitrogens with one attached hydrogen (secondary N) is 1. The molecule has 1 amide bonds. The highest BCUT2D eigenvalue weighted by molar-refractivity contribution is 6.06. The number of aromatic nitrogens is 1. The van der Waals surface area contributed by atoms with Gasteiger partial charge in [-0.05, 0) is 73.4 Å². The molecule has 3 aromatic carbocycles. The number of benzene rings is 3. The van der Waals surface area contributed by atoms with E-state index in [0.717, 1.165) is 42.7 Å². The minimum atomic E-state index is -0.379. The van der Waals surface area contributed by atoms with E-state index < -0.39 is 0 Å². The van der Waals surface area contributed by atoms with E-state index in [9.17, 15) is 14.0 Å². The number of carbonyl (C=O) groups is 2. The Morgan fingerprint density at radius 2 is 1.84 bits per heavy atom. The monoisotopic (exact) mass is 593 g/mol. The van der Waals surface area contributed by atoms with Crippen LogP contribution in [0.15, 0.2) is 89.5 Å². The van der Waals surface area contributed by atoms with E-state index in [4.69, 9.17) is 13.9 Å². The van der Waals surface area contributed by atoms with Crippen molar-refractivity contribution in [3.05, 3.63) is 113 Å². The van der Waals surface area contributed by atoms with Crippen LogP contribution in [0.2, 0.25) is 0 Å². The van der Waals surface area contributed by atoms with Gasteiger partial charge in [-0.15, -0.1) is 0 Å². The maximum atomic E-state index is 14.3. The van der Waals surface area contributed by atoms with Crippen molar-refractivity contribution in [2.45, 2.75) is 32.5 Å². The number of methoxy groups -OCH3 is 1. The maximum Gasteiger partial charge on any atom is 0.337 e. The van der Waals surface area contributed by atoms with Crippen molar-refractivity contribution in [2.24, 2.45) is 0 Å². The van der Waals surface area contributed by atoms with E-state index in [1.807, 2.05) is 37.3 Å². The van der Waals surface area contributed by atoms with E-state index in [-0.39, 0.29) is 29.6 Å². The van der Waals surface area contributed by atoms with Gasteiger partial charge in [0.25, 0.3) is 5.91 Å². The number of amides is 1.